The van der Waals surface area contributed by atoms with Crippen LogP contribution in [0.5, 0.6) is 5.75 Å². The number of carbonyl (C=O) groups excluding carboxylic acids is 1. The molecule has 0 bridgehead atoms. The predicted octanol–water partition coefficient (Wildman–Crippen LogP) is 4.58. The number of halogens is 2. The fourth-order valence-corrected chi connectivity index (χ4v) is 3.71. The molecule has 0 spiro atoms. The highest BCUT2D eigenvalue weighted by molar-refractivity contribution is 7.98. The van der Waals surface area contributed by atoms with Gasteiger partial charge in [0.05, 0.1) is 13.3 Å². The largest absolute Gasteiger partial charge is 0.491 e. The van der Waals surface area contributed by atoms with E-state index in [9.17, 15) is 14.0 Å². The zero-order valence-corrected chi connectivity index (χ0v) is 17.1. The van der Waals surface area contributed by atoms with E-state index in [2.05, 4.69) is 5.32 Å². The molecular formula is C21H18ClFN2O3S. The molecule has 5 nitrogen and oxygen atoms in total. The van der Waals surface area contributed by atoms with Gasteiger partial charge in [0.15, 0.2) is 5.75 Å². The summed E-state index contributed by atoms with van der Waals surface area (Å²) in [5, 5.41) is 3.30. The molecule has 3 aromatic rings. The second-order valence-corrected chi connectivity index (χ2v) is 7.61. The topological polar surface area (TPSA) is 60.3 Å². The number of pyridine rings is 1. The lowest BCUT2D eigenvalue weighted by atomic mass is 10.3. The maximum absolute atomic E-state index is 13.1. The van der Waals surface area contributed by atoms with Crippen LogP contribution in [0.4, 0.5) is 10.1 Å². The van der Waals surface area contributed by atoms with Crippen LogP contribution in [0.2, 0.25) is 5.02 Å². The number of hydrogen-bond donors (Lipinski definition) is 1. The summed E-state index contributed by atoms with van der Waals surface area (Å²) in [6, 6.07) is 14.4. The quantitative estimate of drug-likeness (QED) is 0.555. The minimum Gasteiger partial charge on any atom is -0.491 e. The molecule has 29 heavy (non-hydrogen) atoms. The van der Waals surface area contributed by atoms with E-state index in [-0.39, 0.29) is 29.4 Å². The summed E-state index contributed by atoms with van der Waals surface area (Å²) in [4.78, 5) is 25.5. The van der Waals surface area contributed by atoms with Gasteiger partial charge in [0.1, 0.15) is 12.4 Å². The van der Waals surface area contributed by atoms with Crippen LogP contribution in [-0.2, 0) is 17.1 Å². The van der Waals surface area contributed by atoms with E-state index in [0.717, 1.165) is 4.90 Å². The van der Waals surface area contributed by atoms with Crippen molar-refractivity contribution >= 4 is 35.0 Å². The molecular weight excluding hydrogens is 415 g/mol. The number of nitrogens with zero attached hydrogens (tertiary/aromatic N) is 1. The second-order valence-electron chi connectivity index (χ2n) is 6.13. The third-order valence-electron chi connectivity index (χ3n) is 4.03. The lowest BCUT2D eigenvalue weighted by Gasteiger charge is -2.15. The molecule has 0 aliphatic carbocycles. The van der Waals surface area contributed by atoms with Crippen LogP contribution in [-0.4, -0.2) is 17.6 Å². The van der Waals surface area contributed by atoms with Crippen molar-refractivity contribution in [2.75, 3.05) is 12.4 Å². The fraction of sp³-hybridized carbons (Fsp3) is 0.143. The van der Waals surface area contributed by atoms with Crippen LogP contribution in [0.15, 0.2) is 70.5 Å². The molecule has 150 valence electrons. The van der Waals surface area contributed by atoms with Crippen molar-refractivity contribution in [3.05, 3.63) is 87.6 Å². The van der Waals surface area contributed by atoms with E-state index >= 15 is 0 Å². The second kappa shape index (κ2) is 9.62. The molecule has 8 heteroatoms. The molecule has 1 heterocycles. The van der Waals surface area contributed by atoms with Crippen LogP contribution < -0.4 is 15.5 Å². The summed E-state index contributed by atoms with van der Waals surface area (Å²) in [6.07, 6.45) is 1.51. The number of anilines is 1. The fourth-order valence-electron chi connectivity index (χ4n) is 2.63. The first-order valence-electron chi connectivity index (χ1n) is 8.66. The highest BCUT2D eigenvalue weighted by Crippen LogP contribution is 2.23. The van der Waals surface area contributed by atoms with Crippen molar-refractivity contribution in [2.24, 2.45) is 0 Å². The van der Waals surface area contributed by atoms with Gasteiger partial charge in [-0.1, -0.05) is 17.7 Å². The molecule has 0 radical (unpaired) electrons. The number of carbonyl (C=O) groups is 1. The van der Waals surface area contributed by atoms with E-state index < -0.39 is 0 Å². The van der Waals surface area contributed by atoms with Crippen LogP contribution >= 0.6 is 23.4 Å². The number of ether oxygens (including phenoxy) is 1. The average Bonchev–Trinajstić information content (AvgIpc) is 2.69. The minimum absolute atomic E-state index is 0.0114. The lowest BCUT2D eigenvalue weighted by Crippen LogP contribution is -2.22. The Labute approximate surface area is 176 Å². The molecule has 0 saturated heterocycles. The standard InChI is InChI=1S/C21H18ClFN2O3S/c1-28-20-11-25(12-21(27)24-16-4-2-3-14(22)9-16)17(10-19(20)26)13-29-18-7-5-15(23)6-8-18/h2-11H,12-13H2,1H3,(H,24,27). The number of nitrogens with one attached hydrogen (secondary N) is 1. The van der Waals surface area contributed by atoms with Crippen LogP contribution in [0.3, 0.4) is 0 Å². The van der Waals surface area contributed by atoms with Gasteiger partial charge in [0, 0.05) is 33.1 Å². The Kier molecular flexibility index (Phi) is 6.95. The maximum Gasteiger partial charge on any atom is 0.244 e. The van der Waals surface area contributed by atoms with Crippen LogP contribution in [0, 0.1) is 5.82 Å². The first kappa shape index (κ1) is 21.0. The maximum atomic E-state index is 13.1. The van der Waals surface area contributed by atoms with Gasteiger partial charge in [0.25, 0.3) is 0 Å². The van der Waals surface area contributed by atoms with Crippen LogP contribution in [0.25, 0.3) is 0 Å². The molecule has 3 rings (SSSR count). The van der Waals surface area contributed by atoms with E-state index in [0.29, 0.717) is 22.2 Å². The first-order valence-corrected chi connectivity index (χ1v) is 10.0. The van der Waals surface area contributed by atoms with Gasteiger partial charge in [-0.2, -0.15) is 0 Å². The number of aromatic nitrogens is 1. The van der Waals surface area contributed by atoms with Crippen molar-refractivity contribution < 1.29 is 13.9 Å². The number of hydrogen-bond acceptors (Lipinski definition) is 4. The molecule has 0 fully saturated rings. The highest BCUT2D eigenvalue weighted by atomic mass is 35.5. The summed E-state index contributed by atoms with van der Waals surface area (Å²) in [7, 11) is 1.40. The van der Waals surface area contributed by atoms with E-state index in [1.807, 2.05) is 0 Å². The Bertz CT molecular complexity index is 1070. The molecule has 1 aromatic heterocycles. The van der Waals surface area contributed by atoms with Gasteiger partial charge in [0.2, 0.25) is 11.3 Å². The number of benzene rings is 2. The summed E-state index contributed by atoms with van der Waals surface area (Å²) in [6.45, 7) is -0.0114. The number of rotatable bonds is 7. The van der Waals surface area contributed by atoms with E-state index in [1.165, 1.54) is 43.3 Å². The Morgan fingerprint density at radius 2 is 1.97 bits per heavy atom. The van der Waals surface area contributed by atoms with Gasteiger partial charge < -0.3 is 14.6 Å². The molecule has 0 aliphatic rings. The molecule has 0 saturated carbocycles. The summed E-state index contributed by atoms with van der Waals surface area (Å²) >= 11 is 7.38. The lowest BCUT2D eigenvalue weighted by molar-refractivity contribution is -0.116. The SMILES string of the molecule is COc1cn(CC(=O)Nc2cccc(Cl)c2)c(CSc2ccc(F)cc2)cc1=O. The first-order chi connectivity index (χ1) is 13.9. The van der Waals surface area contributed by atoms with Gasteiger partial charge in [-0.3, -0.25) is 9.59 Å². The van der Waals surface area contributed by atoms with Gasteiger partial charge in [-0.15, -0.1) is 11.8 Å². The number of thioether (sulfide) groups is 1. The summed E-state index contributed by atoms with van der Waals surface area (Å²) < 4.78 is 19.8. The van der Waals surface area contributed by atoms with Crippen molar-refractivity contribution in [1.29, 1.82) is 0 Å². The Balaban J connectivity index is 1.78. The molecule has 0 atom stereocenters. The monoisotopic (exact) mass is 432 g/mol. The third kappa shape index (κ3) is 5.85. The average molecular weight is 433 g/mol. The zero-order valence-electron chi connectivity index (χ0n) is 15.5. The summed E-state index contributed by atoms with van der Waals surface area (Å²) in [5.74, 6) is -0.00884. The minimum atomic E-state index is -0.312. The van der Waals surface area contributed by atoms with Gasteiger partial charge >= 0.3 is 0 Å². The number of methoxy groups -OCH3 is 1. The molecule has 2 aromatic carbocycles. The Morgan fingerprint density at radius 3 is 2.66 bits per heavy atom. The van der Waals surface area contributed by atoms with Crippen molar-refractivity contribution in [1.82, 2.24) is 4.57 Å². The van der Waals surface area contributed by atoms with Gasteiger partial charge in [-0.05, 0) is 42.5 Å². The van der Waals surface area contributed by atoms with Crippen molar-refractivity contribution in [3.63, 3.8) is 0 Å². The Hall–Kier alpha value is -2.77. The molecule has 1 amide bonds. The third-order valence-corrected chi connectivity index (χ3v) is 5.31. The zero-order chi connectivity index (χ0) is 20.8. The summed E-state index contributed by atoms with van der Waals surface area (Å²) in [5.41, 5.74) is 0.956. The van der Waals surface area contributed by atoms with Crippen molar-refractivity contribution in [2.45, 2.75) is 17.2 Å². The Morgan fingerprint density at radius 1 is 1.21 bits per heavy atom. The molecule has 0 unspecified atom stereocenters. The molecule has 0 aliphatic heterocycles. The van der Waals surface area contributed by atoms with Gasteiger partial charge in [-0.25, -0.2) is 4.39 Å². The van der Waals surface area contributed by atoms with E-state index in [1.54, 1.807) is 41.0 Å². The smallest absolute Gasteiger partial charge is 0.244 e. The van der Waals surface area contributed by atoms with E-state index in [4.69, 9.17) is 16.3 Å². The molecule has 1 N–H and O–H groups in total. The number of amides is 1. The predicted molar refractivity (Wildman–Crippen MR) is 113 cm³/mol. The van der Waals surface area contributed by atoms with Crippen molar-refractivity contribution in [3.8, 4) is 5.75 Å². The normalized spacial score (nSPS) is 10.6. The van der Waals surface area contributed by atoms with Crippen LogP contribution in [0.1, 0.15) is 5.69 Å². The highest BCUT2D eigenvalue weighted by Gasteiger charge is 2.12.